The smallest absolute Gasteiger partial charge is 0.0671 e. The Morgan fingerprint density at radius 2 is 1.27 bits per heavy atom. The predicted octanol–water partition coefficient (Wildman–Crippen LogP) is 4.99. The van der Waals surface area contributed by atoms with Crippen molar-refractivity contribution in [1.82, 2.24) is 0 Å². The van der Waals surface area contributed by atoms with Crippen molar-refractivity contribution >= 4 is 7.85 Å². The van der Waals surface area contributed by atoms with Crippen molar-refractivity contribution in [1.29, 1.82) is 0 Å². The molecule has 0 N–H and O–H groups in total. The van der Waals surface area contributed by atoms with Crippen molar-refractivity contribution in [3.63, 3.8) is 0 Å². The van der Waals surface area contributed by atoms with Crippen molar-refractivity contribution in [3.8, 4) is 0 Å². The fourth-order valence-electron chi connectivity index (χ4n) is 2.34. The van der Waals surface area contributed by atoms with Crippen LogP contribution in [0.2, 0.25) is 5.31 Å². The first-order valence-corrected chi connectivity index (χ1v) is 6.43. The van der Waals surface area contributed by atoms with E-state index in [0.717, 1.165) is 12.8 Å². The van der Waals surface area contributed by atoms with Gasteiger partial charge in [0.15, 0.2) is 0 Å². The average molecular weight is 208 g/mol. The Labute approximate surface area is 98.6 Å². The first-order valence-electron chi connectivity index (χ1n) is 6.43. The minimum Gasteiger partial charge on any atom is -0.0671 e. The van der Waals surface area contributed by atoms with Crippen molar-refractivity contribution in [2.75, 3.05) is 0 Å². The van der Waals surface area contributed by atoms with Crippen LogP contribution in [0.1, 0.15) is 74.1 Å². The number of hydrogen-bond acceptors (Lipinski definition) is 0. The van der Waals surface area contributed by atoms with Crippen LogP contribution in [-0.2, 0) is 0 Å². The molecule has 1 heteroatoms. The maximum Gasteiger partial charge on any atom is 0.0749 e. The summed E-state index contributed by atoms with van der Waals surface area (Å²) < 4.78 is 0. The molecule has 0 spiro atoms. The maximum absolute atomic E-state index is 6.47. The Morgan fingerprint density at radius 3 is 1.53 bits per heavy atom. The zero-order valence-electron chi connectivity index (χ0n) is 11.9. The SMILES string of the molecule is [B]C(C)(CC)C(C)(CC)CC(C)(C)CC. The van der Waals surface area contributed by atoms with Gasteiger partial charge in [0.05, 0.1) is 7.85 Å². The van der Waals surface area contributed by atoms with E-state index in [1.807, 2.05) is 0 Å². The second-order valence-electron chi connectivity index (χ2n) is 6.38. The van der Waals surface area contributed by atoms with Gasteiger partial charge in [-0.2, -0.15) is 0 Å². The Morgan fingerprint density at radius 1 is 0.800 bits per heavy atom. The summed E-state index contributed by atoms with van der Waals surface area (Å²) >= 11 is 0. The third-order valence-corrected chi connectivity index (χ3v) is 4.72. The van der Waals surface area contributed by atoms with Crippen LogP contribution < -0.4 is 0 Å². The Balaban J connectivity index is 4.87. The molecule has 0 aromatic heterocycles. The van der Waals surface area contributed by atoms with E-state index in [0.29, 0.717) is 5.41 Å². The molecule has 88 valence electrons. The summed E-state index contributed by atoms with van der Waals surface area (Å²) in [7, 11) is 6.47. The van der Waals surface area contributed by atoms with Crippen LogP contribution in [0, 0.1) is 10.8 Å². The summed E-state index contributed by atoms with van der Waals surface area (Å²) in [6.45, 7) is 16.0. The number of hydrogen-bond donors (Lipinski definition) is 0. The number of rotatable bonds is 6. The molecule has 0 saturated carbocycles. The highest BCUT2D eigenvalue weighted by Crippen LogP contribution is 2.54. The monoisotopic (exact) mass is 208 g/mol. The molecular weight excluding hydrogens is 179 g/mol. The van der Waals surface area contributed by atoms with Gasteiger partial charge in [-0.05, 0) is 17.3 Å². The summed E-state index contributed by atoms with van der Waals surface area (Å²) in [6, 6.07) is 0. The molecule has 0 aromatic carbocycles. The fourth-order valence-corrected chi connectivity index (χ4v) is 2.34. The largest absolute Gasteiger partial charge is 0.0749 e. The van der Waals surface area contributed by atoms with Gasteiger partial charge in [0, 0.05) is 0 Å². The highest BCUT2D eigenvalue weighted by molar-refractivity contribution is 6.15. The van der Waals surface area contributed by atoms with E-state index in [1.54, 1.807) is 0 Å². The molecule has 0 amide bonds. The molecule has 2 unspecified atom stereocenters. The Kier molecular flexibility index (Phi) is 4.95. The summed E-state index contributed by atoms with van der Waals surface area (Å²) in [5.74, 6) is 0. The van der Waals surface area contributed by atoms with Crippen molar-refractivity contribution in [2.45, 2.75) is 79.5 Å². The van der Waals surface area contributed by atoms with Crippen molar-refractivity contribution < 1.29 is 0 Å². The average Bonchev–Trinajstić information content (AvgIpc) is 2.16. The molecule has 0 aliphatic rings. The first kappa shape index (κ1) is 15.1. The highest BCUT2D eigenvalue weighted by atomic mass is 14.4. The van der Waals surface area contributed by atoms with Gasteiger partial charge >= 0.3 is 0 Å². The molecule has 0 aliphatic heterocycles. The molecule has 0 aromatic rings. The van der Waals surface area contributed by atoms with Crippen LogP contribution in [0.3, 0.4) is 0 Å². The van der Waals surface area contributed by atoms with E-state index in [9.17, 15) is 0 Å². The van der Waals surface area contributed by atoms with Crippen molar-refractivity contribution in [3.05, 3.63) is 0 Å². The molecule has 0 nitrogen and oxygen atoms in total. The van der Waals surface area contributed by atoms with Gasteiger partial charge < -0.3 is 0 Å². The summed E-state index contributed by atoms with van der Waals surface area (Å²) in [4.78, 5) is 0. The predicted molar refractivity (Wildman–Crippen MR) is 71.5 cm³/mol. The van der Waals surface area contributed by atoms with Gasteiger partial charge in [-0.15, -0.1) is 0 Å². The zero-order valence-corrected chi connectivity index (χ0v) is 11.9. The molecule has 0 aliphatic carbocycles. The lowest BCUT2D eigenvalue weighted by molar-refractivity contribution is 0.110. The standard InChI is InChI=1S/C14H29B/c1-8-12(4,5)11-13(6,9-2)14(7,15)10-3/h8-11H2,1-7H3. The van der Waals surface area contributed by atoms with E-state index < -0.39 is 0 Å². The van der Waals surface area contributed by atoms with Crippen LogP contribution in [-0.4, -0.2) is 7.85 Å². The molecule has 15 heavy (non-hydrogen) atoms. The van der Waals surface area contributed by atoms with Crippen LogP contribution >= 0.6 is 0 Å². The van der Waals surface area contributed by atoms with Crippen LogP contribution in [0.5, 0.6) is 0 Å². The second kappa shape index (κ2) is 4.93. The molecule has 0 fully saturated rings. The van der Waals surface area contributed by atoms with Crippen LogP contribution in [0.25, 0.3) is 0 Å². The maximum atomic E-state index is 6.47. The molecular formula is C14H29B. The third-order valence-electron chi connectivity index (χ3n) is 4.72. The van der Waals surface area contributed by atoms with Gasteiger partial charge in [-0.3, -0.25) is 0 Å². The van der Waals surface area contributed by atoms with Crippen LogP contribution in [0.15, 0.2) is 0 Å². The molecule has 0 heterocycles. The molecule has 2 radical (unpaired) electrons. The van der Waals surface area contributed by atoms with E-state index in [1.165, 1.54) is 12.8 Å². The van der Waals surface area contributed by atoms with E-state index in [-0.39, 0.29) is 10.7 Å². The highest BCUT2D eigenvalue weighted by Gasteiger charge is 2.40. The lowest BCUT2D eigenvalue weighted by atomic mass is 9.48. The minimum absolute atomic E-state index is 0.0474. The lowest BCUT2D eigenvalue weighted by Crippen LogP contribution is -2.35. The van der Waals surface area contributed by atoms with Gasteiger partial charge in [-0.25, -0.2) is 0 Å². The van der Waals surface area contributed by atoms with E-state index >= 15 is 0 Å². The minimum atomic E-state index is -0.0474. The summed E-state index contributed by atoms with van der Waals surface area (Å²) in [6.07, 6.45) is 4.66. The van der Waals surface area contributed by atoms with Gasteiger partial charge in [0.1, 0.15) is 0 Å². The van der Waals surface area contributed by atoms with Gasteiger partial charge in [-0.1, -0.05) is 73.0 Å². The molecule has 0 bridgehead atoms. The first-order chi connectivity index (χ1) is 6.64. The van der Waals surface area contributed by atoms with Gasteiger partial charge in [0.25, 0.3) is 0 Å². The van der Waals surface area contributed by atoms with Crippen molar-refractivity contribution in [2.24, 2.45) is 10.8 Å². The van der Waals surface area contributed by atoms with E-state index in [2.05, 4.69) is 48.5 Å². The second-order valence-corrected chi connectivity index (χ2v) is 6.38. The lowest BCUT2D eigenvalue weighted by Gasteiger charge is -2.48. The summed E-state index contributed by atoms with van der Waals surface area (Å²) in [5, 5.41) is -0.0474. The van der Waals surface area contributed by atoms with Crippen LogP contribution in [0.4, 0.5) is 0 Å². The quantitative estimate of drug-likeness (QED) is 0.539. The summed E-state index contributed by atoms with van der Waals surface area (Å²) in [5.41, 5.74) is 0.655. The molecule has 0 saturated heterocycles. The Bertz CT molecular complexity index is 194. The van der Waals surface area contributed by atoms with E-state index in [4.69, 9.17) is 7.85 Å². The topological polar surface area (TPSA) is 0 Å². The normalized spacial score (nSPS) is 20.7. The fraction of sp³-hybridized carbons (Fsp3) is 1.00. The third kappa shape index (κ3) is 3.54. The zero-order chi connectivity index (χ0) is 12.3. The Hall–Kier alpha value is 0.0649. The van der Waals surface area contributed by atoms with Gasteiger partial charge in [0.2, 0.25) is 0 Å². The molecule has 0 rings (SSSR count). The molecule has 2 atom stereocenters.